The quantitative estimate of drug-likeness (QED) is 0.738. The van der Waals surface area contributed by atoms with Gasteiger partial charge in [-0.1, -0.05) is 20.8 Å². The molecule has 0 heterocycles. The van der Waals surface area contributed by atoms with Crippen molar-refractivity contribution >= 4 is 15.9 Å². The first-order valence-electron chi connectivity index (χ1n) is 7.19. The van der Waals surface area contributed by atoms with E-state index in [1.54, 1.807) is 0 Å². The molecule has 1 atom stereocenters. The molecule has 0 spiro atoms. The van der Waals surface area contributed by atoms with Gasteiger partial charge in [-0.05, 0) is 58.7 Å². The van der Waals surface area contributed by atoms with Gasteiger partial charge in [0.2, 0.25) is 0 Å². The molecule has 0 bridgehead atoms. The van der Waals surface area contributed by atoms with Gasteiger partial charge in [-0.2, -0.15) is 0 Å². The van der Waals surface area contributed by atoms with Crippen LogP contribution >= 0.6 is 15.9 Å². The van der Waals surface area contributed by atoms with Gasteiger partial charge < -0.3 is 5.32 Å². The molecule has 1 unspecified atom stereocenters. The predicted molar refractivity (Wildman–Crippen MR) is 81.7 cm³/mol. The summed E-state index contributed by atoms with van der Waals surface area (Å²) in [5.74, 6) is -0.584. The van der Waals surface area contributed by atoms with Crippen molar-refractivity contribution in [3.63, 3.8) is 0 Å². The monoisotopic (exact) mass is 345 g/mol. The lowest BCUT2D eigenvalue weighted by molar-refractivity contribution is 0.202. The number of nitrogens with one attached hydrogen (secondary N) is 1. The summed E-state index contributed by atoms with van der Waals surface area (Å²) in [6.07, 6.45) is 2.84. The van der Waals surface area contributed by atoms with Crippen LogP contribution in [0, 0.1) is 23.0 Å². The average Bonchev–Trinajstić information content (AvgIpc) is 3.21. The molecule has 1 aliphatic rings. The molecule has 1 saturated carbocycles. The molecule has 1 N–H and O–H groups in total. The van der Waals surface area contributed by atoms with Crippen LogP contribution in [-0.4, -0.2) is 12.6 Å². The second-order valence-electron chi connectivity index (χ2n) is 6.46. The summed E-state index contributed by atoms with van der Waals surface area (Å²) in [5, 5.41) is 3.50. The lowest BCUT2D eigenvalue weighted by atomic mass is 9.74. The SMILES string of the molecule is CC(C)C(C)(CNC1CC1)Cc1c(F)ccc(Br)c1F. The van der Waals surface area contributed by atoms with Gasteiger partial charge in [0.25, 0.3) is 0 Å². The molecule has 0 saturated heterocycles. The molecule has 1 aliphatic carbocycles. The van der Waals surface area contributed by atoms with E-state index in [0.717, 1.165) is 6.54 Å². The number of hydrogen-bond donors (Lipinski definition) is 1. The molecular formula is C16H22BrF2N. The first-order chi connectivity index (χ1) is 9.33. The van der Waals surface area contributed by atoms with Crippen molar-refractivity contribution in [2.45, 2.75) is 46.1 Å². The molecule has 2 rings (SSSR count). The van der Waals surface area contributed by atoms with E-state index in [9.17, 15) is 8.78 Å². The van der Waals surface area contributed by atoms with E-state index in [0.29, 0.717) is 22.9 Å². The van der Waals surface area contributed by atoms with Crippen LogP contribution in [0.25, 0.3) is 0 Å². The van der Waals surface area contributed by atoms with Gasteiger partial charge in [-0.15, -0.1) is 0 Å². The van der Waals surface area contributed by atoms with Gasteiger partial charge in [0.05, 0.1) is 4.47 Å². The molecule has 4 heteroatoms. The Kier molecular flexibility index (Phi) is 4.85. The Hall–Kier alpha value is -0.480. The number of benzene rings is 1. The van der Waals surface area contributed by atoms with Crippen molar-refractivity contribution in [3.8, 4) is 0 Å². The lowest BCUT2D eigenvalue weighted by Crippen LogP contribution is -2.39. The van der Waals surface area contributed by atoms with Crippen LogP contribution in [-0.2, 0) is 6.42 Å². The Balaban J connectivity index is 2.20. The van der Waals surface area contributed by atoms with Crippen LogP contribution in [0.1, 0.15) is 39.2 Å². The first-order valence-corrected chi connectivity index (χ1v) is 7.98. The Morgan fingerprint density at radius 2 is 2.00 bits per heavy atom. The minimum atomic E-state index is -0.469. The third kappa shape index (κ3) is 3.59. The van der Waals surface area contributed by atoms with Crippen molar-refractivity contribution in [2.24, 2.45) is 11.3 Å². The second kappa shape index (κ2) is 6.10. The van der Waals surface area contributed by atoms with Gasteiger partial charge >= 0.3 is 0 Å². The molecular weight excluding hydrogens is 324 g/mol. The molecule has 1 aromatic carbocycles. The van der Waals surface area contributed by atoms with E-state index in [-0.39, 0.29) is 11.0 Å². The van der Waals surface area contributed by atoms with Crippen molar-refractivity contribution < 1.29 is 8.78 Å². The largest absolute Gasteiger partial charge is 0.313 e. The Morgan fingerprint density at radius 3 is 2.55 bits per heavy atom. The van der Waals surface area contributed by atoms with E-state index in [1.807, 2.05) is 0 Å². The zero-order chi connectivity index (χ0) is 14.9. The van der Waals surface area contributed by atoms with E-state index in [1.165, 1.54) is 25.0 Å². The lowest BCUT2D eigenvalue weighted by Gasteiger charge is -2.35. The van der Waals surface area contributed by atoms with Crippen molar-refractivity contribution in [1.82, 2.24) is 5.32 Å². The smallest absolute Gasteiger partial charge is 0.143 e. The molecule has 0 aromatic heterocycles. The summed E-state index contributed by atoms with van der Waals surface area (Å²) in [7, 11) is 0. The third-order valence-electron chi connectivity index (χ3n) is 4.49. The summed E-state index contributed by atoms with van der Waals surface area (Å²) < 4.78 is 28.4. The van der Waals surface area contributed by atoms with Crippen LogP contribution in [0.4, 0.5) is 8.78 Å². The van der Waals surface area contributed by atoms with E-state index >= 15 is 0 Å². The van der Waals surface area contributed by atoms with Crippen molar-refractivity contribution in [3.05, 3.63) is 33.8 Å². The average molecular weight is 346 g/mol. The summed E-state index contributed by atoms with van der Waals surface area (Å²) >= 11 is 3.14. The van der Waals surface area contributed by atoms with Crippen LogP contribution < -0.4 is 5.32 Å². The molecule has 1 fully saturated rings. The van der Waals surface area contributed by atoms with Gasteiger partial charge in [0, 0.05) is 18.2 Å². The zero-order valence-corrected chi connectivity index (χ0v) is 13.9. The number of halogens is 3. The van der Waals surface area contributed by atoms with Gasteiger partial charge in [0.1, 0.15) is 11.6 Å². The predicted octanol–water partition coefficient (Wildman–Crippen LogP) is 4.68. The summed E-state index contributed by atoms with van der Waals surface area (Å²) in [6, 6.07) is 3.35. The number of rotatable bonds is 6. The minimum Gasteiger partial charge on any atom is -0.313 e. The van der Waals surface area contributed by atoms with Gasteiger partial charge in [-0.25, -0.2) is 8.78 Å². The summed E-state index contributed by atoms with van der Waals surface area (Å²) in [5.41, 5.74) is 0.0265. The molecule has 20 heavy (non-hydrogen) atoms. The van der Waals surface area contributed by atoms with Crippen LogP contribution in [0.3, 0.4) is 0 Å². The maximum atomic E-state index is 14.2. The van der Waals surface area contributed by atoms with Gasteiger partial charge in [0.15, 0.2) is 0 Å². The normalized spacial score (nSPS) is 18.4. The summed E-state index contributed by atoms with van der Waals surface area (Å²) in [6.45, 7) is 7.12. The molecule has 0 radical (unpaired) electrons. The maximum Gasteiger partial charge on any atom is 0.143 e. The molecule has 0 aliphatic heterocycles. The van der Waals surface area contributed by atoms with Gasteiger partial charge in [-0.3, -0.25) is 0 Å². The molecule has 1 nitrogen and oxygen atoms in total. The Bertz CT molecular complexity index is 486. The highest BCUT2D eigenvalue weighted by Crippen LogP contribution is 2.35. The maximum absolute atomic E-state index is 14.2. The third-order valence-corrected chi connectivity index (χ3v) is 5.10. The fourth-order valence-electron chi connectivity index (χ4n) is 2.27. The first kappa shape index (κ1) is 15.9. The molecule has 1 aromatic rings. The Morgan fingerprint density at radius 1 is 1.35 bits per heavy atom. The van der Waals surface area contributed by atoms with Crippen LogP contribution in [0.15, 0.2) is 16.6 Å². The zero-order valence-electron chi connectivity index (χ0n) is 12.3. The van der Waals surface area contributed by atoms with Crippen LogP contribution in [0.2, 0.25) is 0 Å². The minimum absolute atomic E-state index is 0.162. The highest BCUT2D eigenvalue weighted by atomic mass is 79.9. The fraction of sp³-hybridized carbons (Fsp3) is 0.625. The van der Waals surface area contributed by atoms with E-state index in [4.69, 9.17) is 0 Å². The van der Waals surface area contributed by atoms with E-state index < -0.39 is 11.6 Å². The molecule has 0 amide bonds. The standard InChI is InChI=1S/C16H22BrF2N/c1-10(2)16(3,9-20-11-4-5-11)8-12-14(18)7-6-13(17)15(12)19/h6-7,10-11,20H,4-5,8-9H2,1-3H3. The van der Waals surface area contributed by atoms with Crippen molar-refractivity contribution in [1.29, 1.82) is 0 Å². The topological polar surface area (TPSA) is 12.0 Å². The summed E-state index contributed by atoms with van der Waals surface area (Å²) in [4.78, 5) is 0. The second-order valence-corrected chi connectivity index (χ2v) is 7.32. The van der Waals surface area contributed by atoms with Crippen molar-refractivity contribution in [2.75, 3.05) is 6.54 Å². The van der Waals surface area contributed by atoms with Crippen LogP contribution in [0.5, 0.6) is 0 Å². The highest BCUT2D eigenvalue weighted by Gasteiger charge is 2.33. The highest BCUT2D eigenvalue weighted by molar-refractivity contribution is 9.10. The molecule has 112 valence electrons. The Labute approximate surface area is 128 Å². The number of hydrogen-bond acceptors (Lipinski definition) is 1. The fourth-order valence-corrected chi connectivity index (χ4v) is 2.64. The van der Waals surface area contributed by atoms with E-state index in [2.05, 4.69) is 42.0 Å².